The summed E-state index contributed by atoms with van der Waals surface area (Å²) >= 11 is 4.99. The molecule has 0 bridgehead atoms. The zero-order valence-corrected chi connectivity index (χ0v) is 10.9. The van der Waals surface area contributed by atoms with Crippen molar-refractivity contribution in [2.24, 2.45) is 5.73 Å². The molecule has 0 aromatic heterocycles. The summed E-state index contributed by atoms with van der Waals surface area (Å²) in [6.45, 7) is 2.84. The summed E-state index contributed by atoms with van der Waals surface area (Å²) in [5.74, 6) is 0.781. The van der Waals surface area contributed by atoms with Crippen molar-refractivity contribution in [1.29, 1.82) is 0 Å². The van der Waals surface area contributed by atoms with E-state index in [2.05, 4.69) is 0 Å². The molecular weight excluding hydrogens is 234 g/mol. The van der Waals surface area contributed by atoms with Crippen molar-refractivity contribution in [3.8, 4) is 5.75 Å². The Labute approximate surface area is 108 Å². The highest BCUT2D eigenvalue weighted by molar-refractivity contribution is 7.80. The Balaban J connectivity index is 2.60. The standard InChI is InChI=1S/C13H19NO2S/c1-10-6-5-7-11(13(14)17)12(10)16-9-4-2-3-8-15/h5-7,15H,2-4,8-9H2,1H3,(H2,14,17). The third-order valence-corrected chi connectivity index (χ3v) is 2.75. The molecule has 3 N–H and O–H groups in total. The minimum absolute atomic E-state index is 0.239. The molecule has 1 aromatic rings. The van der Waals surface area contributed by atoms with E-state index >= 15 is 0 Å². The second-order valence-electron chi connectivity index (χ2n) is 3.95. The van der Waals surface area contributed by atoms with Crippen LogP contribution in [0.15, 0.2) is 18.2 Å². The van der Waals surface area contributed by atoms with Gasteiger partial charge in [0.05, 0.1) is 12.2 Å². The first-order chi connectivity index (χ1) is 8.16. The number of nitrogens with two attached hydrogens (primary N) is 1. The van der Waals surface area contributed by atoms with Crippen LogP contribution in [-0.2, 0) is 0 Å². The Hall–Kier alpha value is -1.13. The Kier molecular flexibility index (Phi) is 5.94. The summed E-state index contributed by atoms with van der Waals surface area (Å²) < 4.78 is 5.73. The smallest absolute Gasteiger partial charge is 0.132 e. The maximum Gasteiger partial charge on any atom is 0.132 e. The number of rotatable bonds is 7. The summed E-state index contributed by atoms with van der Waals surface area (Å²) in [5, 5.41) is 8.67. The maximum absolute atomic E-state index is 8.67. The van der Waals surface area contributed by atoms with Crippen LogP contribution < -0.4 is 10.5 Å². The van der Waals surface area contributed by atoms with Crippen molar-refractivity contribution in [3.05, 3.63) is 29.3 Å². The molecule has 0 saturated carbocycles. The highest BCUT2D eigenvalue weighted by atomic mass is 32.1. The lowest BCUT2D eigenvalue weighted by molar-refractivity contribution is 0.265. The number of aliphatic hydroxyl groups excluding tert-OH is 1. The van der Waals surface area contributed by atoms with Gasteiger partial charge >= 0.3 is 0 Å². The Bertz CT molecular complexity index is 380. The van der Waals surface area contributed by atoms with Crippen LogP contribution in [0.5, 0.6) is 5.75 Å². The lowest BCUT2D eigenvalue weighted by atomic mass is 10.1. The normalized spacial score (nSPS) is 10.2. The first-order valence-corrected chi connectivity index (χ1v) is 6.20. The summed E-state index contributed by atoms with van der Waals surface area (Å²) in [6.07, 6.45) is 2.70. The van der Waals surface area contributed by atoms with Crippen molar-refractivity contribution < 1.29 is 9.84 Å². The lowest BCUT2D eigenvalue weighted by Crippen LogP contribution is -2.13. The van der Waals surface area contributed by atoms with E-state index in [0.717, 1.165) is 36.1 Å². The predicted molar refractivity (Wildman–Crippen MR) is 73.5 cm³/mol. The average Bonchev–Trinajstić information content (AvgIpc) is 2.30. The number of thiocarbonyl (C=S) groups is 1. The van der Waals surface area contributed by atoms with Crippen LogP contribution in [0.1, 0.15) is 30.4 Å². The molecule has 0 amide bonds. The minimum atomic E-state index is 0.239. The number of aryl methyl sites for hydroxylation is 1. The third kappa shape index (κ3) is 4.32. The zero-order valence-electron chi connectivity index (χ0n) is 10.1. The number of hydrogen-bond donors (Lipinski definition) is 2. The molecule has 94 valence electrons. The fourth-order valence-corrected chi connectivity index (χ4v) is 1.76. The number of ether oxygens (including phenoxy) is 1. The van der Waals surface area contributed by atoms with Crippen LogP contribution in [0, 0.1) is 6.92 Å². The molecule has 0 aliphatic rings. The number of aliphatic hydroxyl groups is 1. The van der Waals surface area contributed by atoms with E-state index in [0.29, 0.717) is 11.6 Å². The van der Waals surface area contributed by atoms with Gasteiger partial charge in [-0.25, -0.2) is 0 Å². The monoisotopic (exact) mass is 253 g/mol. The molecule has 0 aliphatic carbocycles. The molecule has 3 nitrogen and oxygen atoms in total. The largest absolute Gasteiger partial charge is 0.493 e. The van der Waals surface area contributed by atoms with Gasteiger partial charge in [-0.15, -0.1) is 0 Å². The molecule has 0 heterocycles. The van der Waals surface area contributed by atoms with Crippen LogP contribution in [0.25, 0.3) is 0 Å². The van der Waals surface area contributed by atoms with Crippen molar-refractivity contribution in [3.63, 3.8) is 0 Å². The molecule has 1 rings (SSSR count). The molecule has 0 radical (unpaired) electrons. The molecule has 0 aliphatic heterocycles. The lowest BCUT2D eigenvalue weighted by Gasteiger charge is -2.13. The van der Waals surface area contributed by atoms with Gasteiger partial charge in [0.1, 0.15) is 10.7 Å². The molecule has 4 heteroatoms. The van der Waals surface area contributed by atoms with Crippen LogP contribution in [0.3, 0.4) is 0 Å². The van der Waals surface area contributed by atoms with E-state index in [1.165, 1.54) is 0 Å². The first-order valence-electron chi connectivity index (χ1n) is 5.80. The SMILES string of the molecule is Cc1cccc(C(N)=S)c1OCCCCCO. The third-order valence-electron chi connectivity index (χ3n) is 2.53. The van der Waals surface area contributed by atoms with Crippen LogP contribution in [0.2, 0.25) is 0 Å². The van der Waals surface area contributed by atoms with E-state index in [1.54, 1.807) is 0 Å². The molecule has 0 spiro atoms. The average molecular weight is 253 g/mol. The fraction of sp³-hybridized carbons (Fsp3) is 0.462. The molecule has 0 unspecified atom stereocenters. The van der Waals surface area contributed by atoms with Crippen molar-refractivity contribution in [2.75, 3.05) is 13.2 Å². The molecule has 0 atom stereocenters. The molecule has 0 fully saturated rings. The predicted octanol–water partition coefficient (Wildman–Crippen LogP) is 2.17. The van der Waals surface area contributed by atoms with Crippen molar-refractivity contribution >= 4 is 17.2 Å². The van der Waals surface area contributed by atoms with Gasteiger partial charge < -0.3 is 15.6 Å². The van der Waals surface area contributed by atoms with Gasteiger partial charge in [-0.1, -0.05) is 24.4 Å². The van der Waals surface area contributed by atoms with E-state index in [9.17, 15) is 0 Å². The van der Waals surface area contributed by atoms with Gasteiger partial charge in [-0.2, -0.15) is 0 Å². The molecule has 1 aromatic carbocycles. The molecule has 17 heavy (non-hydrogen) atoms. The Morgan fingerprint density at radius 3 is 2.76 bits per heavy atom. The topological polar surface area (TPSA) is 55.5 Å². The second kappa shape index (κ2) is 7.25. The van der Waals surface area contributed by atoms with Gasteiger partial charge in [-0.3, -0.25) is 0 Å². The van der Waals surface area contributed by atoms with E-state index in [4.69, 9.17) is 27.8 Å². The van der Waals surface area contributed by atoms with Crippen molar-refractivity contribution in [2.45, 2.75) is 26.2 Å². The van der Waals surface area contributed by atoms with Gasteiger partial charge in [0.25, 0.3) is 0 Å². The number of para-hydroxylation sites is 1. The number of benzene rings is 1. The quantitative estimate of drug-likeness (QED) is 0.577. The summed E-state index contributed by atoms with van der Waals surface area (Å²) in [6, 6.07) is 5.77. The van der Waals surface area contributed by atoms with Gasteiger partial charge in [-0.05, 0) is 37.8 Å². The van der Waals surface area contributed by atoms with Gasteiger partial charge in [0, 0.05) is 6.61 Å². The van der Waals surface area contributed by atoms with E-state index in [-0.39, 0.29) is 6.61 Å². The number of hydrogen-bond acceptors (Lipinski definition) is 3. The Morgan fingerprint density at radius 1 is 1.35 bits per heavy atom. The van der Waals surface area contributed by atoms with Gasteiger partial charge in [0.15, 0.2) is 0 Å². The fourth-order valence-electron chi connectivity index (χ4n) is 1.60. The molecule has 0 saturated heterocycles. The van der Waals surface area contributed by atoms with E-state index < -0.39 is 0 Å². The van der Waals surface area contributed by atoms with Gasteiger partial charge in [0.2, 0.25) is 0 Å². The summed E-state index contributed by atoms with van der Waals surface area (Å²) in [4.78, 5) is 0.360. The van der Waals surface area contributed by atoms with Crippen LogP contribution in [-0.4, -0.2) is 23.3 Å². The zero-order chi connectivity index (χ0) is 12.7. The highest BCUT2D eigenvalue weighted by Crippen LogP contribution is 2.23. The van der Waals surface area contributed by atoms with Crippen LogP contribution >= 0.6 is 12.2 Å². The van der Waals surface area contributed by atoms with Crippen molar-refractivity contribution in [1.82, 2.24) is 0 Å². The van der Waals surface area contributed by atoms with E-state index in [1.807, 2.05) is 25.1 Å². The van der Waals surface area contributed by atoms with Crippen LogP contribution in [0.4, 0.5) is 0 Å². The first kappa shape index (κ1) is 13.9. The summed E-state index contributed by atoms with van der Waals surface area (Å²) in [7, 11) is 0. The highest BCUT2D eigenvalue weighted by Gasteiger charge is 2.08. The number of unbranched alkanes of at least 4 members (excludes halogenated alkanes) is 2. The maximum atomic E-state index is 8.67. The summed E-state index contributed by atoms with van der Waals surface area (Å²) in [5.41, 5.74) is 7.49. The molecular formula is C13H19NO2S. The Morgan fingerprint density at radius 2 is 2.12 bits per heavy atom. The minimum Gasteiger partial charge on any atom is -0.493 e. The second-order valence-corrected chi connectivity index (χ2v) is 4.39.